The Hall–Kier alpha value is -1.81. The van der Waals surface area contributed by atoms with Crippen molar-refractivity contribution in [3.8, 4) is 0 Å². The Balaban J connectivity index is 1.88. The second-order valence-corrected chi connectivity index (χ2v) is 9.00. The maximum atomic E-state index is 12.4. The van der Waals surface area contributed by atoms with Gasteiger partial charge in [0.2, 0.25) is 0 Å². The molecule has 27 heavy (non-hydrogen) atoms. The lowest BCUT2D eigenvalue weighted by Crippen LogP contribution is -2.44. The van der Waals surface area contributed by atoms with Crippen LogP contribution in [0, 0.1) is 0 Å². The highest BCUT2D eigenvalue weighted by Crippen LogP contribution is 2.28. The summed E-state index contributed by atoms with van der Waals surface area (Å²) in [4.78, 5) is 13.7. The third-order valence-corrected chi connectivity index (χ3v) is 5.37. The number of rotatable bonds is 3. The van der Waals surface area contributed by atoms with Gasteiger partial charge in [-0.15, -0.1) is 0 Å². The van der Waals surface area contributed by atoms with Crippen molar-refractivity contribution in [2.45, 2.75) is 50.6 Å². The number of urea groups is 1. The van der Waals surface area contributed by atoms with Crippen molar-refractivity contribution < 1.29 is 30.6 Å². The number of carbonyl (C=O) groups is 1. The molecule has 0 radical (unpaired) electrons. The third kappa shape index (κ3) is 5.58. The summed E-state index contributed by atoms with van der Waals surface area (Å²) < 4.78 is 63.3. The molecule has 1 N–H and O–H groups in total. The van der Waals surface area contributed by atoms with Gasteiger partial charge in [-0.05, 0) is 36.0 Å². The van der Waals surface area contributed by atoms with Crippen LogP contribution in [0.25, 0.3) is 0 Å². The summed E-state index contributed by atoms with van der Waals surface area (Å²) in [6, 6.07) is 7.00. The van der Waals surface area contributed by atoms with Crippen LogP contribution in [0.5, 0.6) is 0 Å². The molecule has 0 bridgehead atoms. The van der Waals surface area contributed by atoms with E-state index in [0.717, 1.165) is 5.56 Å². The summed E-state index contributed by atoms with van der Waals surface area (Å²) >= 11 is 0. The van der Waals surface area contributed by atoms with Gasteiger partial charge in [0, 0.05) is 18.8 Å². The molecule has 2 amide bonds. The molecular formula is C17H23F3N2O4S. The zero-order chi connectivity index (χ0) is 20.5. The fourth-order valence-corrected chi connectivity index (χ4v) is 3.30. The van der Waals surface area contributed by atoms with Gasteiger partial charge in [-0.3, -0.25) is 4.18 Å². The smallest absolute Gasteiger partial charge is 0.324 e. The Bertz CT molecular complexity index is 763. The normalized spacial score (nSPS) is 17.0. The first-order valence-corrected chi connectivity index (χ1v) is 9.86. The predicted octanol–water partition coefficient (Wildman–Crippen LogP) is 3.85. The average molecular weight is 408 g/mol. The number of anilines is 1. The monoisotopic (exact) mass is 408 g/mol. The van der Waals surface area contributed by atoms with Crippen molar-refractivity contribution >= 4 is 21.8 Å². The van der Waals surface area contributed by atoms with E-state index in [2.05, 4.69) is 30.3 Å². The van der Waals surface area contributed by atoms with Crippen LogP contribution < -0.4 is 5.32 Å². The maximum absolute atomic E-state index is 12.4. The highest BCUT2D eigenvalue weighted by molar-refractivity contribution is 7.87. The molecule has 0 spiro atoms. The lowest BCUT2D eigenvalue weighted by molar-refractivity contribution is -0.0590. The number of nitrogens with one attached hydrogen (secondary N) is 1. The van der Waals surface area contributed by atoms with E-state index in [4.69, 9.17) is 0 Å². The number of piperidine rings is 1. The van der Waals surface area contributed by atoms with Crippen molar-refractivity contribution in [1.82, 2.24) is 4.90 Å². The number of halogens is 3. The molecule has 0 saturated carbocycles. The van der Waals surface area contributed by atoms with Crippen molar-refractivity contribution in [2.24, 2.45) is 0 Å². The van der Waals surface area contributed by atoms with Crippen LogP contribution in [0.1, 0.15) is 39.2 Å². The summed E-state index contributed by atoms with van der Waals surface area (Å²) in [5, 5.41) is 2.73. The van der Waals surface area contributed by atoms with E-state index in [9.17, 15) is 26.4 Å². The van der Waals surface area contributed by atoms with Crippen LogP contribution in [0.4, 0.5) is 23.7 Å². The molecule has 152 valence electrons. The van der Waals surface area contributed by atoms with E-state index in [1.807, 2.05) is 12.1 Å². The Kier molecular flexibility index (Phi) is 6.10. The van der Waals surface area contributed by atoms with E-state index in [1.54, 1.807) is 12.1 Å². The fraction of sp³-hybridized carbons (Fsp3) is 0.588. The molecule has 1 aliphatic rings. The van der Waals surface area contributed by atoms with Gasteiger partial charge in [-0.25, -0.2) is 4.79 Å². The van der Waals surface area contributed by atoms with Crippen LogP contribution >= 0.6 is 0 Å². The van der Waals surface area contributed by atoms with Gasteiger partial charge in [0.1, 0.15) is 0 Å². The number of alkyl halides is 3. The maximum Gasteiger partial charge on any atom is 0.523 e. The molecule has 1 aromatic carbocycles. The zero-order valence-corrected chi connectivity index (χ0v) is 16.2. The van der Waals surface area contributed by atoms with E-state index in [0.29, 0.717) is 5.69 Å². The summed E-state index contributed by atoms with van der Waals surface area (Å²) in [7, 11) is -5.62. The van der Waals surface area contributed by atoms with Gasteiger partial charge in [-0.2, -0.15) is 21.6 Å². The van der Waals surface area contributed by atoms with E-state index >= 15 is 0 Å². The van der Waals surface area contributed by atoms with Gasteiger partial charge in [-0.1, -0.05) is 32.9 Å². The van der Waals surface area contributed by atoms with Crippen molar-refractivity contribution in [3.05, 3.63) is 29.8 Å². The number of hydrogen-bond donors (Lipinski definition) is 1. The topological polar surface area (TPSA) is 75.7 Å². The fourth-order valence-electron chi connectivity index (χ4n) is 2.64. The molecule has 1 saturated heterocycles. The van der Waals surface area contributed by atoms with Gasteiger partial charge in [0.15, 0.2) is 0 Å². The van der Waals surface area contributed by atoms with Crippen molar-refractivity contribution in [2.75, 3.05) is 18.4 Å². The summed E-state index contributed by atoms with van der Waals surface area (Å²) in [5.74, 6) is 0. The molecule has 1 aromatic rings. The summed E-state index contributed by atoms with van der Waals surface area (Å²) in [5.41, 5.74) is -3.74. The molecular weight excluding hydrogens is 385 g/mol. The van der Waals surface area contributed by atoms with E-state index < -0.39 is 27.8 Å². The average Bonchev–Trinajstić information content (AvgIpc) is 2.53. The quantitative estimate of drug-likeness (QED) is 0.609. The van der Waals surface area contributed by atoms with Crippen LogP contribution in [0.15, 0.2) is 24.3 Å². The Morgan fingerprint density at radius 1 is 1.11 bits per heavy atom. The standard InChI is InChI=1S/C17H23F3N2O4S/c1-16(2,3)12-4-6-13(7-5-12)21-15(23)22-10-8-14(9-11-22)26-27(24,25)17(18,19)20/h4-7,14H,8-11H2,1-3H3,(H,21,23). The van der Waals surface area contributed by atoms with E-state index in [-0.39, 0.29) is 31.3 Å². The molecule has 0 atom stereocenters. The first kappa shape index (κ1) is 21.5. The van der Waals surface area contributed by atoms with Crippen LogP contribution in [-0.2, 0) is 19.7 Å². The summed E-state index contributed by atoms with van der Waals surface area (Å²) in [6.45, 7) is 6.43. The molecule has 1 fully saturated rings. The minimum atomic E-state index is -5.62. The number of nitrogens with zero attached hydrogens (tertiary/aromatic N) is 1. The van der Waals surface area contributed by atoms with E-state index in [1.165, 1.54) is 4.90 Å². The van der Waals surface area contributed by atoms with Crippen molar-refractivity contribution in [3.63, 3.8) is 0 Å². The third-order valence-electron chi connectivity index (χ3n) is 4.28. The minimum absolute atomic E-state index is 0.00565. The van der Waals surface area contributed by atoms with Crippen LogP contribution in [0.3, 0.4) is 0 Å². The second kappa shape index (κ2) is 7.67. The number of carbonyl (C=O) groups excluding carboxylic acids is 1. The SMILES string of the molecule is CC(C)(C)c1ccc(NC(=O)N2CCC(OS(=O)(=O)C(F)(F)F)CC2)cc1. The number of hydrogen-bond acceptors (Lipinski definition) is 4. The molecule has 0 aromatic heterocycles. The zero-order valence-electron chi connectivity index (χ0n) is 15.3. The largest absolute Gasteiger partial charge is 0.523 e. The van der Waals surface area contributed by atoms with Crippen molar-refractivity contribution in [1.29, 1.82) is 0 Å². The van der Waals surface area contributed by atoms with Gasteiger partial charge in [0.05, 0.1) is 6.10 Å². The lowest BCUT2D eigenvalue weighted by atomic mass is 9.87. The number of amides is 2. The summed E-state index contributed by atoms with van der Waals surface area (Å²) in [6.07, 6.45) is -1.08. The molecule has 0 unspecified atom stereocenters. The molecule has 1 aliphatic heterocycles. The number of likely N-dealkylation sites (tertiary alicyclic amines) is 1. The predicted molar refractivity (Wildman–Crippen MR) is 94.8 cm³/mol. The highest BCUT2D eigenvalue weighted by atomic mass is 32.2. The van der Waals surface area contributed by atoms with Gasteiger partial charge in [0.25, 0.3) is 0 Å². The molecule has 2 rings (SSSR count). The van der Waals surface area contributed by atoms with Gasteiger partial charge >= 0.3 is 21.7 Å². The number of benzene rings is 1. The Morgan fingerprint density at radius 2 is 1.63 bits per heavy atom. The highest BCUT2D eigenvalue weighted by Gasteiger charge is 2.48. The van der Waals surface area contributed by atoms with Crippen LogP contribution in [0.2, 0.25) is 0 Å². The first-order chi connectivity index (χ1) is 12.3. The Morgan fingerprint density at radius 3 is 2.07 bits per heavy atom. The molecule has 10 heteroatoms. The molecule has 6 nitrogen and oxygen atoms in total. The Labute approximate surface area is 156 Å². The minimum Gasteiger partial charge on any atom is -0.324 e. The van der Waals surface area contributed by atoms with Crippen LogP contribution in [-0.4, -0.2) is 44.1 Å². The molecule has 1 heterocycles. The first-order valence-electron chi connectivity index (χ1n) is 8.45. The lowest BCUT2D eigenvalue weighted by Gasteiger charge is -2.31. The molecule has 0 aliphatic carbocycles. The van der Waals surface area contributed by atoms with Gasteiger partial charge < -0.3 is 10.2 Å². The second-order valence-electron chi connectivity index (χ2n) is 7.44.